The van der Waals surface area contributed by atoms with E-state index >= 15 is 0 Å². The maximum atomic E-state index is 13.2. The predicted octanol–water partition coefficient (Wildman–Crippen LogP) is 0.000800. The Labute approximate surface area is 202 Å². The van der Waals surface area contributed by atoms with Gasteiger partial charge in [0.25, 0.3) is 0 Å². The molecule has 0 bridgehead atoms. The predicted molar refractivity (Wildman–Crippen MR) is 132 cm³/mol. The molecule has 10 nitrogen and oxygen atoms in total. The van der Waals surface area contributed by atoms with Crippen molar-refractivity contribution < 1.29 is 19.2 Å². The van der Waals surface area contributed by atoms with Crippen LogP contribution in [0.4, 0.5) is 0 Å². The molecule has 3 atom stereocenters. The Morgan fingerprint density at radius 1 is 0.829 bits per heavy atom. The molecule has 184 valence electrons. The highest BCUT2D eigenvalue weighted by atomic mass is 16.2. The Hall–Kier alpha value is -4.18. The van der Waals surface area contributed by atoms with E-state index in [2.05, 4.69) is 15.6 Å². The highest BCUT2D eigenvalue weighted by molar-refractivity contribution is 5.94. The van der Waals surface area contributed by atoms with Gasteiger partial charge in [-0.25, -0.2) is 0 Å². The molecule has 3 aromatic rings. The van der Waals surface area contributed by atoms with Crippen LogP contribution in [0.1, 0.15) is 24.0 Å². The van der Waals surface area contributed by atoms with Crippen molar-refractivity contribution in [1.29, 1.82) is 0 Å². The van der Waals surface area contributed by atoms with Gasteiger partial charge in [0.1, 0.15) is 12.1 Å². The summed E-state index contributed by atoms with van der Waals surface area (Å²) in [5.41, 5.74) is 19.2. The molecular weight excluding hydrogens is 448 g/mol. The molecule has 0 saturated heterocycles. The molecule has 1 heterocycles. The van der Waals surface area contributed by atoms with Gasteiger partial charge in [0.15, 0.2) is 0 Å². The molecule has 4 amide bonds. The van der Waals surface area contributed by atoms with Crippen LogP contribution in [0, 0.1) is 0 Å². The van der Waals surface area contributed by atoms with E-state index in [-0.39, 0.29) is 25.7 Å². The largest absolute Gasteiger partial charge is 0.370 e. The minimum atomic E-state index is -1.12. The van der Waals surface area contributed by atoms with Gasteiger partial charge in [0.05, 0.1) is 6.04 Å². The van der Waals surface area contributed by atoms with Crippen LogP contribution in [-0.2, 0) is 32.0 Å². The summed E-state index contributed by atoms with van der Waals surface area (Å²) in [5, 5.41) is 6.15. The monoisotopic (exact) mass is 478 g/mol. The molecule has 0 fully saturated rings. The first-order valence-corrected chi connectivity index (χ1v) is 11.3. The van der Waals surface area contributed by atoms with Crippen molar-refractivity contribution in [1.82, 2.24) is 15.6 Å². The number of carbonyl (C=O) groups is 4. The molecule has 0 aliphatic carbocycles. The molecule has 9 N–H and O–H groups in total. The van der Waals surface area contributed by atoms with Crippen molar-refractivity contribution in [3.63, 3.8) is 0 Å². The van der Waals surface area contributed by atoms with Crippen LogP contribution in [0.15, 0.2) is 60.8 Å². The summed E-state index contributed by atoms with van der Waals surface area (Å²) >= 11 is 0. The van der Waals surface area contributed by atoms with Gasteiger partial charge in [-0.3, -0.25) is 19.2 Å². The van der Waals surface area contributed by atoms with Crippen LogP contribution in [-0.4, -0.2) is 46.7 Å². The summed E-state index contributed by atoms with van der Waals surface area (Å²) in [7, 11) is 0. The molecule has 0 radical (unpaired) electrons. The van der Waals surface area contributed by atoms with Crippen LogP contribution in [0.25, 0.3) is 10.9 Å². The summed E-state index contributed by atoms with van der Waals surface area (Å²) in [6, 6.07) is 13.8. The molecule has 1 aromatic heterocycles. The standard InChI is InChI=1S/C25H30N6O4/c26-18(12-15-6-2-1-3-7-15)24(34)31-21(13-16-14-29-19-9-5-4-8-17(16)19)25(35)30-20(23(28)33)10-11-22(27)32/h1-9,14,18,20-21,29H,10-13,26H2,(H2,27,32)(H2,28,33)(H,30,35)(H,31,34)/t18-,20-,21-/m0/s1. The molecule has 0 unspecified atom stereocenters. The SMILES string of the molecule is NC(=O)CC[C@H](NC(=O)[C@H](Cc1c[nH]c2ccccc12)NC(=O)[C@@H](N)Cc1ccccc1)C(N)=O. The number of carbonyl (C=O) groups excluding carboxylic acids is 4. The fraction of sp³-hybridized carbons (Fsp3) is 0.280. The zero-order chi connectivity index (χ0) is 25.4. The van der Waals surface area contributed by atoms with Gasteiger partial charge in [-0.1, -0.05) is 48.5 Å². The van der Waals surface area contributed by atoms with Gasteiger partial charge in [-0.05, 0) is 30.0 Å². The number of primary amides is 2. The van der Waals surface area contributed by atoms with E-state index in [1.165, 1.54) is 0 Å². The summed E-state index contributed by atoms with van der Waals surface area (Å²) in [4.78, 5) is 52.2. The molecule has 3 rings (SSSR count). The zero-order valence-corrected chi connectivity index (χ0v) is 19.2. The van der Waals surface area contributed by atoms with Gasteiger partial charge >= 0.3 is 0 Å². The number of benzene rings is 2. The number of rotatable bonds is 12. The van der Waals surface area contributed by atoms with E-state index in [0.717, 1.165) is 22.0 Å². The van der Waals surface area contributed by atoms with E-state index in [0.29, 0.717) is 0 Å². The second-order valence-electron chi connectivity index (χ2n) is 8.39. The van der Waals surface area contributed by atoms with Crippen LogP contribution < -0.4 is 27.8 Å². The lowest BCUT2D eigenvalue weighted by atomic mass is 10.0. The zero-order valence-electron chi connectivity index (χ0n) is 19.2. The first-order chi connectivity index (χ1) is 16.7. The first-order valence-electron chi connectivity index (χ1n) is 11.3. The van der Waals surface area contributed by atoms with Crippen LogP contribution >= 0.6 is 0 Å². The van der Waals surface area contributed by atoms with Crippen molar-refractivity contribution in [3.8, 4) is 0 Å². The molecule has 2 aromatic carbocycles. The molecule has 0 aliphatic rings. The van der Waals surface area contributed by atoms with Crippen LogP contribution in [0.3, 0.4) is 0 Å². The lowest BCUT2D eigenvalue weighted by molar-refractivity contribution is -0.132. The first kappa shape index (κ1) is 25.4. The fourth-order valence-electron chi connectivity index (χ4n) is 3.81. The van der Waals surface area contributed by atoms with E-state index in [4.69, 9.17) is 17.2 Å². The maximum absolute atomic E-state index is 13.2. The van der Waals surface area contributed by atoms with Crippen molar-refractivity contribution >= 4 is 34.5 Å². The number of nitrogens with two attached hydrogens (primary N) is 3. The normalized spacial score (nSPS) is 13.5. The van der Waals surface area contributed by atoms with Gasteiger partial charge in [0, 0.05) is 29.9 Å². The number of aromatic amines is 1. The third kappa shape index (κ3) is 7.15. The Bertz CT molecular complexity index is 1190. The molecule has 0 spiro atoms. The highest BCUT2D eigenvalue weighted by Crippen LogP contribution is 2.19. The molecule has 0 aliphatic heterocycles. The minimum Gasteiger partial charge on any atom is -0.370 e. The van der Waals surface area contributed by atoms with E-state index < -0.39 is 41.8 Å². The Morgan fingerprint density at radius 3 is 2.17 bits per heavy atom. The Morgan fingerprint density at radius 2 is 1.49 bits per heavy atom. The van der Waals surface area contributed by atoms with E-state index in [1.807, 2.05) is 54.6 Å². The molecular formula is C25H30N6O4. The van der Waals surface area contributed by atoms with Crippen LogP contribution in [0.2, 0.25) is 0 Å². The number of aromatic nitrogens is 1. The Kier molecular flexibility index (Phi) is 8.58. The van der Waals surface area contributed by atoms with E-state index in [9.17, 15) is 19.2 Å². The number of para-hydroxylation sites is 1. The van der Waals surface area contributed by atoms with Gasteiger partial charge in [-0.15, -0.1) is 0 Å². The van der Waals surface area contributed by atoms with Gasteiger partial charge in [-0.2, -0.15) is 0 Å². The van der Waals surface area contributed by atoms with Crippen LogP contribution in [0.5, 0.6) is 0 Å². The van der Waals surface area contributed by atoms with Crippen molar-refractivity contribution in [2.24, 2.45) is 17.2 Å². The number of hydrogen-bond acceptors (Lipinski definition) is 5. The third-order valence-corrected chi connectivity index (χ3v) is 5.71. The van der Waals surface area contributed by atoms with Gasteiger partial charge in [0.2, 0.25) is 23.6 Å². The van der Waals surface area contributed by atoms with Gasteiger partial charge < -0.3 is 32.8 Å². The molecule has 35 heavy (non-hydrogen) atoms. The quantitative estimate of drug-likeness (QED) is 0.213. The second kappa shape index (κ2) is 11.8. The summed E-state index contributed by atoms with van der Waals surface area (Å²) in [5.74, 6) is -2.57. The summed E-state index contributed by atoms with van der Waals surface area (Å²) < 4.78 is 0. The third-order valence-electron chi connectivity index (χ3n) is 5.71. The lowest BCUT2D eigenvalue weighted by Crippen LogP contribution is -2.56. The Balaban J connectivity index is 1.78. The number of H-pyrrole nitrogens is 1. The number of nitrogens with one attached hydrogen (secondary N) is 3. The summed E-state index contributed by atoms with van der Waals surface area (Å²) in [6.45, 7) is 0. The number of fused-ring (bicyclic) bond motifs is 1. The smallest absolute Gasteiger partial charge is 0.243 e. The maximum Gasteiger partial charge on any atom is 0.243 e. The minimum absolute atomic E-state index is 0.0440. The molecule has 0 saturated carbocycles. The topological polar surface area (TPSA) is 186 Å². The lowest BCUT2D eigenvalue weighted by Gasteiger charge is -2.23. The highest BCUT2D eigenvalue weighted by Gasteiger charge is 2.28. The summed E-state index contributed by atoms with van der Waals surface area (Å²) in [6.07, 6.45) is 2.02. The average molecular weight is 479 g/mol. The van der Waals surface area contributed by atoms with Crippen molar-refractivity contribution in [3.05, 3.63) is 71.9 Å². The van der Waals surface area contributed by atoms with Crippen molar-refractivity contribution in [2.45, 2.75) is 43.8 Å². The van der Waals surface area contributed by atoms with E-state index in [1.54, 1.807) is 6.20 Å². The average Bonchev–Trinajstić information content (AvgIpc) is 3.24. The van der Waals surface area contributed by atoms with Crippen molar-refractivity contribution in [2.75, 3.05) is 0 Å². The molecule has 10 heteroatoms. The number of hydrogen-bond donors (Lipinski definition) is 6. The second-order valence-corrected chi connectivity index (χ2v) is 8.39. The number of amides is 4. The fourth-order valence-corrected chi connectivity index (χ4v) is 3.81.